The molecule has 0 aliphatic carbocycles. The summed E-state index contributed by atoms with van der Waals surface area (Å²) in [7, 11) is 0. The average molecular weight is 323 g/mol. The number of rotatable bonds is 5. The van der Waals surface area contributed by atoms with Crippen LogP contribution in [-0.4, -0.2) is 50.1 Å². The quantitative estimate of drug-likeness (QED) is 0.782. The molecule has 3 heterocycles. The maximum absolute atomic E-state index is 11.3. The zero-order valence-electron chi connectivity index (χ0n) is 13.6. The Hall–Kier alpha value is -2.47. The fourth-order valence-electron chi connectivity index (χ4n) is 3.38. The first kappa shape index (κ1) is 15.1. The first-order valence-electron chi connectivity index (χ1n) is 8.49. The standard InChI is InChI=1S/C18H21N5O/c24-16-5-8-22(9-6-16)7-1-2-14-11-20-18-4-3-15(10-17(14)18)23-13-19-12-21-23/h3-4,10-13,20H,1-2,5-9H2. The predicted molar refractivity (Wildman–Crippen MR) is 92.2 cm³/mol. The van der Waals surface area contributed by atoms with Gasteiger partial charge in [0.15, 0.2) is 0 Å². The zero-order valence-corrected chi connectivity index (χ0v) is 13.6. The number of benzene rings is 1. The van der Waals surface area contributed by atoms with Gasteiger partial charge in [-0.3, -0.25) is 4.79 Å². The van der Waals surface area contributed by atoms with Crippen LogP contribution in [0.5, 0.6) is 0 Å². The summed E-state index contributed by atoms with van der Waals surface area (Å²) in [5.74, 6) is 0.406. The lowest BCUT2D eigenvalue weighted by Crippen LogP contribution is -2.34. The van der Waals surface area contributed by atoms with Crippen molar-refractivity contribution < 1.29 is 4.79 Å². The number of ketones is 1. The number of aromatic amines is 1. The summed E-state index contributed by atoms with van der Waals surface area (Å²) in [5.41, 5.74) is 3.51. The maximum Gasteiger partial charge on any atom is 0.138 e. The highest BCUT2D eigenvalue weighted by Crippen LogP contribution is 2.22. The van der Waals surface area contributed by atoms with Crippen molar-refractivity contribution in [1.29, 1.82) is 0 Å². The number of Topliss-reactive ketones (excluding diaryl/α,β-unsaturated/α-hetero) is 1. The van der Waals surface area contributed by atoms with Crippen LogP contribution in [0.1, 0.15) is 24.8 Å². The molecule has 124 valence electrons. The Balaban J connectivity index is 1.44. The lowest BCUT2D eigenvalue weighted by Gasteiger charge is -2.25. The maximum atomic E-state index is 11.3. The lowest BCUT2D eigenvalue weighted by atomic mass is 10.1. The summed E-state index contributed by atoms with van der Waals surface area (Å²) in [6.07, 6.45) is 8.94. The summed E-state index contributed by atoms with van der Waals surface area (Å²) < 4.78 is 1.78. The van der Waals surface area contributed by atoms with Gasteiger partial charge < -0.3 is 9.88 Å². The number of fused-ring (bicyclic) bond motifs is 1. The van der Waals surface area contributed by atoms with E-state index < -0.39 is 0 Å². The number of nitrogens with zero attached hydrogens (tertiary/aromatic N) is 4. The molecule has 3 aromatic rings. The zero-order chi connectivity index (χ0) is 16.4. The summed E-state index contributed by atoms with van der Waals surface area (Å²) in [5, 5.41) is 5.45. The van der Waals surface area contributed by atoms with E-state index >= 15 is 0 Å². The fraction of sp³-hybridized carbons (Fsp3) is 0.389. The van der Waals surface area contributed by atoms with Crippen molar-refractivity contribution in [3.8, 4) is 5.69 Å². The highest BCUT2D eigenvalue weighted by Gasteiger charge is 2.15. The van der Waals surface area contributed by atoms with Crippen molar-refractivity contribution >= 4 is 16.7 Å². The van der Waals surface area contributed by atoms with Gasteiger partial charge >= 0.3 is 0 Å². The van der Waals surface area contributed by atoms with Crippen LogP contribution in [0, 0.1) is 0 Å². The van der Waals surface area contributed by atoms with Gasteiger partial charge in [0, 0.05) is 43.0 Å². The van der Waals surface area contributed by atoms with Crippen LogP contribution < -0.4 is 0 Å². The largest absolute Gasteiger partial charge is 0.361 e. The molecular weight excluding hydrogens is 302 g/mol. The smallest absolute Gasteiger partial charge is 0.138 e. The van der Waals surface area contributed by atoms with Crippen LogP contribution in [0.25, 0.3) is 16.6 Å². The number of aryl methyl sites for hydroxylation is 1. The van der Waals surface area contributed by atoms with E-state index in [0.29, 0.717) is 18.6 Å². The van der Waals surface area contributed by atoms with Crippen LogP contribution >= 0.6 is 0 Å². The van der Waals surface area contributed by atoms with E-state index in [9.17, 15) is 4.79 Å². The van der Waals surface area contributed by atoms with Crippen LogP contribution in [0.4, 0.5) is 0 Å². The molecule has 24 heavy (non-hydrogen) atoms. The van der Waals surface area contributed by atoms with Crippen LogP contribution in [0.2, 0.25) is 0 Å². The van der Waals surface area contributed by atoms with Gasteiger partial charge in [0.1, 0.15) is 18.4 Å². The van der Waals surface area contributed by atoms with Crippen LogP contribution in [0.15, 0.2) is 37.1 Å². The van der Waals surface area contributed by atoms with Crippen molar-refractivity contribution in [2.75, 3.05) is 19.6 Å². The van der Waals surface area contributed by atoms with Gasteiger partial charge in [-0.1, -0.05) is 0 Å². The highest BCUT2D eigenvalue weighted by molar-refractivity contribution is 5.85. The molecule has 1 aromatic carbocycles. The van der Waals surface area contributed by atoms with Gasteiger partial charge in [-0.05, 0) is 43.1 Å². The van der Waals surface area contributed by atoms with E-state index in [-0.39, 0.29) is 0 Å². The van der Waals surface area contributed by atoms with Crippen molar-refractivity contribution in [2.45, 2.75) is 25.7 Å². The van der Waals surface area contributed by atoms with Gasteiger partial charge in [0.2, 0.25) is 0 Å². The SMILES string of the molecule is O=C1CCN(CCCc2c[nH]c3ccc(-n4cncn4)cc23)CC1. The first-order valence-corrected chi connectivity index (χ1v) is 8.49. The van der Waals surface area contributed by atoms with E-state index in [1.807, 2.05) is 6.07 Å². The van der Waals surface area contributed by atoms with Crippen molar-refractivity contribution in [1.82, 2.24) is 24.6 Å². The third-order valence-corrected chi connectivity index (χ3v) is 4.77. The molecule has 1 aliphatic heterocycles. The van der Waals surface area contributed by atoms with Gasteiger partial charge in [-0.25, -0.2) is 9.67 Å². The second kappa shape index (κ2) is 6.57. The van der Waals surface area contributed by atoms with Gasteiger partial charge in [0.25, 0.3) is 0 Å². The second-order valence-corrected chi connectivity index (χ2v) is 6.37. The summed E-state index contributed by atoms with van der Waals surface area (Å²) in [6, 6.07) is 6.30. The number of nitrogens with one attached hydrogen (secondary N) is 1. The molecule has 0 bridgehead atoms. The van der Waals surface area contributed by atoms with Gasteiger partial charge in [0.05, 0.1) is 5.69 Å². The molecule has 1 N–H and O–H groups in total. The summed E-state index contributed by atoms with van der Waals surface area (Å²) in [6.45, 7) is 2.90. The number of aromatic nitrogens is 4. The van der Waals surface area contributed by atoms with E-state index in [1.54, 1.807) is 17.3 Å². The molecule has 0 saturated carbocycles. The highest BCUT2D eigenvalue weighted by atomic mass is 16.1. The van der Waals surface area contributed by atoms with Crippen LogP contribution in [-0.2, 0) is 11.2 Å². The second-order valence-electron chi connectivity index (χ2n) is 6.37. The molecule has 2 aromatic heterocycles. The minimum atomic E-state index is 0.406. The number of carbonyl (C=O) groups excluding carboxylic acids is 1. The molecule has 1 aliphatic rings. The molecule has 0 spiro atoms. The molecule has 6 heteroatoms. The molecule has 4 rings (SSSR count). The fourth-order valence-corrected chi connectivity index (χ4v) is 3.38. The van der Waals surface area contributed by atoms with E-state index in [1.165, 1.54) is 10.9 Å². The topological polar surface area (TPSA) is 66.8 Å². The molecule has 1 fully saturated rings. The number of piperidine rings is 1. The Morgan fingerprint density at radius 3 is 2.88 bits per heavy atom. The number of carbonyl (C=O) groups is 1. The molecule has 0 radical (unpaired) electrons. The summed E-state index contributed by atoms with van der Waals surface area (Å²) in [4.78, 5) is 21.1. The minimum Gasteiger partial charge on any atom is -0.361 e. The number of likely N-dealkylation sites (tertiary alicyclic amines) is 1. The van der Waals surface area contributed by atoms with E-state index in [4.69, 9.17) is 0 Å². The number of hydrogen-bond donors (Lipinski definition) is 1. The summed E-state index contributed by atoms with van der Waals surface area (Å²) >= 11 is 0. The molecular formula is C18H21N5O. The van der Waals surface area contributed by atoms with Crippen LogP contribution in [0.3, 0.4) is 0 Å². The Morgan fingerprint density at radius 1 is 1.21 bits per heavy atom. The first-order chi connectivity index (χ1) is 11.8. The Morgan fingerprint density at radius 2 is 2.08 bits per heavy atom. The van der Waals surface area contributed by atoms with E-state index in [0.717, 1.165) is 43.7 Å². The van der Waals surface area contributed by atoms with Gasteiger partial charge in [-0.2, -0.15) is 5.10 Å². The van der Waals surface area contributed by atoms with Crippen molar-refractivity contribution in [2.24, 2.45) is 0 Å². The minimum absolute atomic E-state index is 0.406. The Kier molecular flexibility index (Phi) is 4.13. The van der Waals surface area contributed by atoms with Crippen molar-refractivity contribution in [3.05, 3.63) is 42.6 Å². The molecule has 1 saturated heterocycles. The number of hydrogen-bond acceptors (Lipinski definition) is 4. The van der Waals surface area contributed by atoms with Crippen molar-refractivity contribution in [3.63, 3.8) is 0 Å². The molecule has 6 nitrogen and oxygen atoms in total. The molecule has 0 unspecified atom stereocenters. The average Bonchev–Trinajstić information content (AvgIpc) is 3.26. The Bertz CT molecular complexity index is 826. The monoisotopic (exact) mass is 323 g/mol. The normalized spacial score (nSPS) is 16.1. The van der Waals surface area contributed by atoms with E-state index in [2.05, 4.69) is 38.3 Å². The number of H-pyrrole nitrogens is 1. The third-order valence-electron chi connectivity index (χ3n) is 4.77. The third kappa shape index (κ3) is 3.10. The molecule has 0 atom stereocenters. The lowest BCUT2D eigenvalue weighted by molar-refractivity contribution is -0.121. The molecule has 0 amide bonds. The Labute approximate surface area is 140 Å². The predicted octanol–water partition coefficient (Wildman–Crippen LogP) is 2.35. The van der Waals surface area contributed by atoms with Gasteiger partial charge in [-0.15, -0.1) is 0 Å².